The van der Waals surface area contributed by atoms with Crippen molar-refractivity contribution in [3.8, 4) is 0 Å². The van der Waals surface area contributed by atoms with Crippen molar-refractivity contribution in [3.63, 3.8) is 0 Å². The topological polar surface area (TPSA) is 164 Å². The van der Waals surface area contributed by atoms with E-state index in [1.807, 2.05) is 13.8 Å². The second kappa shape index (κ2) is 12.8. The lowest BCUT2D eigenvalue weighted by Crippen LogP contribution is -2.67. The molecule has 12 heteroatoms. The number of aliphatic hydroxyl groups is 2. The second-order valence-electron chi connectivity index (χ2n) is 15.5. The van der Waals surface area contributed by atoms with E-state index in [0.29, 0.717) is 25.2 Å². The number of nitro benzene ring substituents is 1. The molecule has 7 rings (SSSR count). The molecule has 0 unspecified atom stereocenters. The van der Waals surface area contributed by atoms with Crippen LogP contribution in [-0.2, 0) is 35.1 Å². The molecular weight excluding hydrogens is 634 g/mol. The Morgan fingerprint density at radius 3 is 2.61 bits per heavy atom. The van der Waals surface area contributed by atoms with E-state index in [4.69, 9.17) is 23.7 Å². The Kier molecular flexibility index (Phi) is 8.90. The lowest BCUT2D eigenvalue weighted by atomic mass is 9.42. The zero-order valence-corrected chi connectivity index (χ0v) is 28.3. The van der Waals surface area contributed by atoms with E-state index in [1.54, 1.807) is 24.3 Å². The summed E-state index contributed by atoms with van der Waals surface area (Å²) in [6.07, 6.45) is 7.78. The van der Waals surface area contributed by atoms with Gasteiger partial charge in [0.05, 0.1) is 34.4 Å². The highest BCUT2D eigenvalue weighted by Gasteiger charge is 2.72. The average molecular weight is 682 g/mol. The van der Waals surface area contributed by atoms with Crippen molar-refractivity contribution < 1.29 is 48.4 Å². The van der Waals surface area contributed by atoms with Crippen LogP contribution in [0.3, 0.4) is 0 Å². The van der Waals surface area contributed by atoms with Gasteiger partial charge in [-0.1, -0.05) is 32.1 Å². The first kappa shape index (κ1) is 34.1. The Morgan fingerprint density at radius 1 is 1.08 bits per heavy atom. The van der Waals surface area contributed by atoms with Gasteiger partial charge >= 0.3 is 12.1 Å². The number of cyclic esters (lactones) is 1. The number of hydrogen-bond donors (Lipinski definition) is 2. The molecule has 1 aromatic rings. The molecule has 2 heterocycles. The summed E-state index contributed by atoms with van der Waals surface area (Å²) in [6, 6.07) is 6.09. The average Bonchev–Trinajstić information content (AvgIpc) is 3.62. The summed E-state index contributed by atoms with van der Waals surface area (Å²) in [5.41, 5.74) is -1.32. The number of para-hydroxylation sites is 1. The van der Waals surface area contributed by atoms with Crippen molar-refractivity contribution in [2.75, 3.05) is 6.61 Å². The van der Waals surface area contributed by atoms with E-state index in [9.17, 15) is 29.9 Å². The summed E-state index contributed by atoms with van der Waals surface area (Å²) in [7, 11) is 0. The molecule has 12 nitrogen and oxygen atoms in total. The summed E-state index contributed by atoms with van der Waals surface area (Å²) in [5.74, 6) is -0.307. The number of hydrogen-bond acceptors (Lipinski definition) is 11. The molecule has 0 spiro atoms. The number of aliphatic hydroxyl groups excluding tert-OH is 1. The van der Waals surface area contributed by atoms with Crippen LogP contribution in [0.1, 0.15) is 77.7 Å². The second-order valence-corrected chi connectivity index (χ2v) is 15.5. The summed E-state index contributed by atoms with van der Waals surface area (Å²) in [4.78, 5) is 36.6. The fourth-order valence-electron chi connectivity index (χ4n) is 10.7. The van der Waals surface area contributed by atoms with E-state index in [-0.39, 0.29) is 59.8 Å². The minimum absolute atomic E-state index is 0.00423. The van der Waals surface area contributed by atoms with Gasteiger partial charge in [0.15, 0.2) is 6.29 Å². The Hall–Kier alpha value is -3.32. The summed E-state index contributed by atoms with van der Waals surface area (Å²) >= 11 is 0. The number of carbonyl (C=O) groups excluding carboxylic acids is 2. The van der Waals surface area contributed by atoms with Gasteiger partial charge in [-0.25, -0.2) is 9.59 Å². The van der Waals surface area contributed by atoms with Crippen LogP contribution in [0, 0.1) is 44.6 Å². The number of esters is 1. The molecule has 6 aliphatic rings. The number of rotatable bonds is 7. The highest BCUT2D eigenvalue weighted by atomic mass is 16.7. The molecule has 266 valence electrons. The Morgan fingerprint density at radius 2 is 1.88 bits per heavy atom. The van der Waals surface area contributed by atoms with Gasteiger partial charge in [0, 0.05) is 17.6 Å². The van der Waals surface area contributed by atoms with Crippen LogP contribution in [0.15, 0.2) is 48.1 Å². The third-order valence-electron chi connectivity index (χ3n) is 13.4. The fourth-order valence-corrected chi connectivity index (χ4v) is 10.7. The first-order valence-corrected chi connectivity index (χ1v) is 17.7. The molecular formula is C37H47NO11. The molecule has 4 fully saturated rings. The lowest BCUT2D eigenvalue weighted by molar-refractivity contribution is -0.385. The van der Waals surface area contributed by atoms with Crippen LogP contribution < -0.4 is 0 Å². The number of fused-ring (bicyclic) bond motifs is 5. The standard InChI is InChI=1S/C37H47NO11/c1-21-30(39)10-11-33(47-21)48-25-12-14-35(2)24(17-25)8-9-27-28(35)18-31(49-34(41)46-19-22-6-4-5-7-29(22)38(43)44)36(3)26(13-15-37(27,36)42)23-16-32(40)45-20-23/h4-7,10-11,16,21,24-28,30-31,33,39,42H,8-9,12-15,17-20H2,1-3H3/t21-,24+,25-,26+,27+,28-,30+,31+,33-,35-,36-,37-/m0/s1. The highest BCUT2D eigenvalue weighted by molar-refractivity contribution is 5.85. The van der Waals surface area contributed by atoms with Gasteiger partial charge in [0.2, 0.25) is 0 Å². The molecule has 0 amide bonds. The molecule has 12 atom stereocenters. The maximum atomic E-state index is 13.4. The first-order valence-electron chi connectivity index (χ1n) is 17.7. The Balaban J connectivity index is 1.14. The zero-order chi connectivity index (χ0) is 34.7. The maximum absolute atomic E-state index is 13.4. The summed E-state index contributed by atoms with van der Waals surface area (Å²) in [5, 5.41) is 34.5. The van der Waals surface area contributed by atoms with E-state index >= 15 is 0 Å². The number of nitrogens with zero attached hydrogens (tertiary/aromatic N) is 1. The third kappa shape index (κ3) is 5.78. The molecule has 1 aromatic carbocycles. The van der Waals surface area contributed by atoms with Gasteiger partial charge in [0.1, 0.15) is 19.3 Å². The monoisotopic (exact) mass is 681 g/mol. The minimum atomic E-state index is -1.17. The Bertz CT molecular complexity index is 1540. The molecule has 2 N–H and O–H groups in total. The van der Waals surface area contributed by atoms with E-state index in [0.717, 1.165) is 37.7 Å². The van der Waals surface area contributed by atoms with Gasteiger partial charge in [-0.15, -0.1) is 0 Å². The first-order chi connectivity index (χ1) is 23.3. The summed E-state index contributed by atoms with van der Waals surface area (Å²) in [6.45, 7) is 5.95. The SMILES string of the molecule is C[C@@H]1O[C@@H](O[C@H]2CC[C@@]3(C)[C@H](CC[C@@H]4[C@@H]3C[C@@H](OC(=O)OCc3ccccc3[N+](=O)[O-])[C@]3(C)[C@@H](C5=CC(=O)OC5)CC[C@]43O)C2)C=C[C@H]1O. The fraction of sp³-hybridized carbons (Fsp3) is 0.676. The molecule has 4 saturated carbocycles. The smallest absolute Gasteiger partial charge is 0.458 e. The van der Waals surface area contributed by atoms with Crippen molar-refractivity contribution in [1.29, 1.82) is 0 Å². The van der Waals surface area contributed by atoms with Crippen LogP contribution >= 0.6 is 0 Å². The lowest BCUT2D eigenvalue weighted by Gasteiger charge is -2.65. The van der Waals surface area contributed by atoms with Crippen molar-refractivity contribution in [1.82, 2.24) is 0 Å². The van der Waals surface area contributed by atoms with Crippen LogP contribution in [0.4, 0.5) is 10.5 Å². The van der Waals surface area contributed by atoms with Crippen molar-refractivity contribution in [3.05, 3.63) is 63.7 Å². The minimum Gasteiger partial charge on any atom is -0.458 e. The quantitative estimate of drug-likeness (QED) is 0.161. The normalized spacial score (nSPS) is 42.7. The maximum Gasteiger partial charge on any atom is 0.508 e. The van der Waals surface area contributed by atoms with E-state index in [1.165, 1.54) is 18.2 Å². The predicted molar refractivity (Wildman–Crippen MR) is 174 cm³/mol. The van der Waals surface area contributed by atoms with Gasteiger partial charge < -0.3 is 33.9 Å². The number of nitro groups is 1. The molecule has 4 aliphatic carbocycles. The van der Waals surface area contributed by atoms with E-state index in [2.05, 4.69) is 6.92 Å². The van der Waals surface area contributed by atoms with Crippen molar-refractivity contribution >= 4 is 17.8 Å². The Labute approximate surface area is 285 Å². The molecule has 0 saturated heterocycles. The van der Waals surface area contributed by atoms with Crippen LogP contribution in [-0.4, -0.2) is 70.2 Å². The predicted octanol–water partition coefficient (Wildman–Crippen LogP) is 5.53. The molecule has 49 heavy (non-hydrogen) atoms. The number of benzene rings is 1. The van der Waals surface area contributed by atoms with Crippen LogP contribution in [0.25, 0.3) is 0 Å². The molecule has 0 radical (unpaired) electrons. The zero-order valence-electron chi connectivity index (χ0n) is 28.3. The van der Waals surface area contributed by atoms with Gasteiger partial charge in [-0.05, 0) is 105 Å². The molecule has 0 bridgehead atoms. The van der Waals surface area contributed by atoms with Gasteiger partial charge in [0.25, 0.3) is 5.69 Å². The summed E-state index contributed by atoms with van der Waals surface area (Å²) < 4.78 is 29.3. The third-order valence-corrected chi connectivity index (χ3v) is 13.4. The van der Waals surface area contributed by atoms with E-state index < -0.39 is 46.6 Å². The van der Waals surface area contributed by atoms with Crippen molar-refractivity contribution in [2.45, 2.75) is 115 Å². The molecule has 0 aromatic heterocycles. The number of carbonyl (C=O) groups is 2. The highest BCUT2D eigenvalue weighted by Crippen LogP contribution is 2.70. The van der Waals surface area contributed by atoms with Crippen LogP contribution in [0.5, 0.6) is 0 Å². The van der Waals surface area contributed by atoms with Gasteiger partial charge in [-0.3, -0.25) is 10.1 Å². The van der Waals surface area contributed by atoms with Gasteiger partial charge in [-0.2, -0.15) is 0 Å². The molecule has 2 aliphatic heterocycles. The largest absolute Gasteiger partial charge is 0.508 e. The number of ether oxygens (including phenoxy) is 5. The van der Waals surface area contributed by atoms with Crippen LogP contribution in [0.2, 0.25) is 0 Å². The van der Waals surface area contributed by atoms with Crippen molar-refractivity contribution in [2.24, 2.45) is 34.5 Å².